The fourth-order valence-corrected chi connectivity index (χ4v) is 4.81. The molecule has 2 aromatic rings. The highest BCUT2D eigenvalue weighted by Gasteiger charge is 2.37. The Labute approximate surface area is 215 Å². The summed E-state index contributed by atoms with van der Waals surface area (Å²) in [5.41, 5.74) is 4.03. The summed E-state index contributed by atoms with van der Waals surface area (Å²) in [6.07, 6.45) is 7.53. The Bertz CT molecular complexity index is 1090. The van der Waals surface area contributed by atoms with E-state index in [1.54, 1.807) is 6.07 Å². The summed E-state index contributed by atoms with van der Waals surface area (Å²) in [7, 11) is 0. The third-order valence-corrected chi connectivity index (χ3v) is 7.35. The van der Waals surface area contributed by atoms with E-state index in [0.717, 1.165) is 44.1 Å². The van der Waals surface area contributed by atoms with Gasteiger partial charge in [0.2, 0.25) is 0 Å². The van der Waals surface area contributed by atoms with Gasteiger partial charge in [0.05, 0.1) is 6.61 Å². The summed E-state index contributed by atoms with van der Waals surface area (Å²) in [6.45, 7) is 11.5. The van der Waals surface area contributed by atoms with Gasteiger partial charge in [-0.2, -0.15) is 0 Å². The van der Waals surface area contributed by atoms with Crippen molar-refractivity contribution in [3.8, 4) is 11.5 Å². The molecule has 0 fully saturated rings. The van der Waals surface area contributed by atoms with Crippen molar-refractivity contribution in [2.75, 3.05) is 13.2 Å². The molecule has 0 radical (unpaired) electrons. The van der Waals surface area contributed by atoms with E-state index >= 15 is 0 Å². The molecule has 0 aliphatic heterocycles. The molecule has 6 nitrogen and oxygen atoms in total. The Balaban J connectivity index is 1.63. The number of oxime groups is 1. The van der Waals surface area contributed by atoms with E-state index in [-0.39, 0.29) is 28.7 Å². The van der Waals surface area contributed by atoms with Gasteiger partial charge in [-0.15, -0.1) is 0 Å². The van der Waals surface area contributed by atoms with Gasteiger partial charge in [0.25, 0.3) is 0 Å². The highest BCUT2D eigenvalue weighted by atomic mass is 16.5. The third kappa shape index (κ3) is 6.59. The molecule has 3 rings (SSSR count). The van der Waals surface area contributed by atoms with Crippen LogP contribution in [0.15, 0.2) is 41.6 Å². The first-order valence-corrected chi connectivity index (χ1v) is 13.1. The van der Waals surface area contributed by atoms with Crippen LogP contribution in [-0.4, -0.2) is 35.2 Å². The predicted octanol–water partition coefficient (Wildman–Crippen LogP) is 7.13. The van der Waals surface area contributed by atoms with Crippen LogP contribution in [0.25, 0.3) is 0 Å². The van der Waals surface area contributed by atoms with Gasteiger partial charge in [-0.3, -0.25) is 0 Å². The first-order chi connectivity index (χ1) is 17.1. The molecule has 0 bridgehead atoms. The largest absolute Gasteiger partial charge is 0.507 e. The van der Waals surface area contributed by atoms with Crippen molar-refractivity contribution in [2.45, 2.75) is 90.4 Å². The van der Waals surface area contributed by atoms with E-state index in [1.165, 1.54) is 29.7 Å². The number of nitrogens with zero attached hydrogens (tertiary/aromatic N) is 1. The van der Waals surface area contributed by atoms with Gasteiger partial charge < -0.3 is 19.8 Å². The summed E-state index contributed by atoms with van der Waals surface area (Å²) < 4.78 is 11.1. The molecular formula is C30H41NO5. The summed E-state index contributed by atoms with van der Waals surface area (Å²) in [6, 6.07) is 10.7. The molecular weight excluding hydrogens is 454 g/mol. The number of benzene rings is 2. The predicted molar refractivity (Wildman–Crippen MR) is 143 cm³/mol. The molecule has 0 amide bonds. The molecule has 196 valence electrons. The SMILES string of the molecule is CCCCCCCOC(=O)c1ccc(OC/C(=N/O)c2ccc3c(c2)C(C)(C)CCC3(C)C)cc1O. The van der Waals surface area contributed by atoms with Crippen LogP contribution in [0.1, 0.15) is 107 Å². The van der Waals surface area contributed by atoms with Crippen LogP contribution < -0.4 is 4.74 Å². The molecule has 2 N–H and O–H groups in total. The number of unbranched alkanes of at least 4 members (excludes halogenated alkanes) is 4. The lowest BCUT2D eigenvalue weighted by Crippen LogP contribution is -2.34. The van der Waals surface area contributed by atoms with Gasteiger partial charge in [0.15, 0.2) is 0 Å². The number of aromatic hydroxyl groups is 1. The van der Waals surface area contributed by atoms with E-state index in [4.69, 9.17) is 9.47 Å². The molecule has 0 saturated heterocycles. The molecule has 0 atom stereocenters. The Morgan fingerprint density at radius 2 is 1.64 bits per heavy atom. The van der Waals surface area contributed by atoms with E-state index in [2.05, 4.69) is 51.9 Å². The lowest BCUT2D eigenvalue weighted by Gasteiger charge is -2.42. The highest BCUT2D eigenvalue weighted by molar-refractivity contribution is 6.01. The third-order valence-electron chi connectivity index (χ3n) is 7.35. The van der Waals surface area contributed by atoms with Crippen LogP contribution >= 0.6 is 0 Å². The summed E-state index contributed by atoms with van der Waals surface area (Å²) >= 11 is 0. The number of rotatable bonds is 11. The number of ether oxygens (including phenoxy) is 2. The average Bonchev–Trinajstić information content (AvgIpc) is 2.84. The number of hydrogen-bond acceptors (Lipinski definition) is 6. The second-order valence-electron chi connectivity index (χ2n) is 11.1. The second kappa shape index (κ2) is 11.8. The van der Waals surface area contributed by atoms with E-state index < -0.39 is 5.97 Å². The van der Waals surface area contributed by atoms with E-state index in [1.807, 2.05) is 6.07 Å². The maximum atomic E-state index is 12.3. The van der Waals surface area contributed by atoms with Gasteiger partial charge in [0, 0.05) is 11.6 Å². The van der Waals surface area contributed by atoms with Crippen molar-refractivity contribution in [3.05, 3.63) is 58.7 Å². The molecule has 2 aromatic carbocycles. The molecule has 1 aliphatic carbocycles. The summed E-state index contributed by atoms with van der Waals surface area (Å²) in [4.78, 5) is 12.3. The number of esters is 1. The topological polar surface area (TPSA) is 88.4 Å². The van der Waals surface area contributed by atoms with Crippen LogP contribution in [0, 0.1) is 0 Å². The number of phenolic OH excluding ortho intramolecular Hbond substituents is 1. The standard InChI is InChI=1S/C30H41NO5/c1-6-7-8-9-10-17-35-28(33)23-13-12-22(19-27(23)32)36-20-26(31-34)21-11-14-24-25(18-21)30(4,5)16-15-29(24,2)3/h11-14,18-19,32,34H,6-10,15-17,20H2,1-5H3/b31-26-. The van der Waals surface area contributed by atoms with Crippen molar-refractivity contribution in [1.82, 2.24) is 0 Å². The van der Waals surface area contributed by atoms with Gasteiger partial charge in [-0.05, 0) is 59.4 Å². The van der Waals surface area contributed by atoms with E-state index in [0.29, 0.717) is 18.1 Å². The first kappa shape index (κ1) is 27.6. The number of fused-ring (bicyclic) bond motifs is 1. The monoisotopic (exact) mass is 495 g/mol. The van der Waals surface area contributed by atoms with Crippen molar-refractivity contribution in [2.24, 2.45) is 5.16 Å². The zero-order chi connectivity index (χ0) is 26.3. The Kier molecular flexibility index (Phi) is 9.04. The minimum Gasteiger partial charge on any atom is -0.507 e. The van der Waals surface area contributed by atoms with Crippen molar-refractivity contribution >= 4 is 11.7 Å². The number of carbonyl (C=O) groups excluding carboxylic acids is 1. The van der Waals surface area contributed by atoms with Crippen LogP contribution in [0.4, 0.5) is 0 Å². The number of hydrogen-bond donors (Lipinski definition) is 2. The molecule has 0 spiro atoms. The Hall–Kier alpha value is -3.02. The van der Waals surface area contributed by atoms with Gasteiger partial charge in [0.1, 0.15) is 29.4 Å². The Morgan fingerprint density at radius 3 is 2.31 bits per heavy atom. The fourth-order valence-electron chi connectivity index (χ4n) is 4.81. The number of phenols is 1. The molecule has 1 aliphatic rings. The Morgan fingerprint density at radius 1 is 0.944 bits per heavy atom. The summed E-state index contributed by atoms with van der Waals surface area (Å²) in [5, 5.41) is 23.6. The molecule has 6 heteroatoms. The van der Waals surface area contributed by atoms with Crippen LogP contribution in [0.5, 0.6) is 11.5 Å². The zero-order valence-corrected chi connectivity index (χ0v) is 22.4. The van der Waals surface area contributed by atoms with E-state index in [9.17, 15) is 15.1 Å². The lowest BCUT2D eigenvalue weighted by molar-refractivity contribution is 0.0494. The molecule has 0 unspecified atom stereocenters. The summed E-state index contributed by atoms with van der Waals surface area (Å²) in [5.74, 6) is -0.389. The molecule has 0 saturated carbocycles. The zero-order valence-electron chi connectivity index (χ0n) is 22.4. The van der Waals surface area contributed by atoms with Crippen LogP contribution in [-0.2, 0) is 15.6 Å². The quantitative estimate of drug-likeness (QED) is 0.114. The first-order valence-electron chi connectivity index (χ1n) is 13.1. The average molecular weight is 496 g/mol. The van der Waals surface area contributed by atoms with Crippen molar-refractivity contribution in [1.29, 1.82) is 0 Å². The van der Waals surface area contributed by atoms with Crippen molar-refractivity contribution < 1.29 is 24.6 Å². The molecule has 0 heterocycles. The molecule has 0 aromatic heterocycles. The maximum Gasteiger partial charge on any atom is 0.341 e. The van der Waals surface area contributed by atoms with Gasteiger partial charge >= 0.3 is 5.97 Å². The lowest BCUT2D eigenvalue weighted by atomic mass is 9.63. The second-order valence-corrected chi connectivity index (χ2v) is 11.1. The minimum absolute atomic E-state index is 0.0140. The highest BCUT2D eigenvalue weighted by Crippen LogP contribution is 2.46. The van der Waals surface area contributed by atoms with Crippen molar-refractivity contribution in [3.63, 3.8) is 0 Å². The smallest absolute Gasteiger partial charge is 0.341 e. The van der Waals surface area contributed by atoms with Crippen LogP contribution in [0.2, 0.25) is 0 Å². The normalized spacial score (nSPS) is 16.3. The van der Waals surface area contributed by atoms with Crippen LogP contribution in [0.3, 0.4) is 0 Å². The maximum absolute atomic E-state index is 12.3. The number of carbonyl (C=O) groups is 1. The van der Waals surface area contributed by atoms with Gasteiger partial charge in [-0.1, -0.05) is 77.6 Å². The van der Waals surface area contributed by atoms with Gasteiger partial charge in [-0.25, -0.2) is 4.79 Å². The molecule has 36 heavy (non-hydrogen) atoms. The fraction of sp³-hybridized carbons (Fsp3) is 0.533. The minimum atomic E-state index is -0.549.